The maximum atomic E-state index is 11.9. The maximum absolute atomic E-state index is 11.9. The quantitative estimate of drug-likeness (QED) is 0.852. The number of nitrogens with one attached hydrogen (secondary N) is 1. The average Bonchev–Trinajstić information content (AvgIpc) is 2.78. The molecule has 0 atom stereocenters. The van der Waals surface area contributed by atoms with Crippen molar-refractivity contribution in [2.45, 2.75) is 51.0 Å². The summed E-state index contributed by atoms with van der Waals surface area (Å²) in [6.45, 7) is 0.609. The van der Waals surface area contributed by atoms with Crippen molar-refractivity contribution in [1.29, 1.82) is 0 Å². The lowest BCUT2D eigenvalue weighted by atomic mass is 9.95. The van der Waals surface area contributed by atoms with Gasteiger partial charge in [0.2, 0.25) is 5.91 Å². The first kappa shape index (κ1) is 13.5. The Kier molecular flexibility index (Phi) is 5.13. The third-order valence-corrected chi connectivity index (χ3v) is 4.18. The van der Waals surface area contributed by atoms with Crippen LogP contribution in [0, 0.1) is 0 Å². The zero-order valence-corrected chi connectivity index (χ0v) is 11.5. The summed E-state index contributed by atoms with van der Waals surface area (Å²) < 4.78 is 0. The molecule has 2 rings (SSSR count). The molecule has 5 heteroatoms. The molecule has 18 heavy (non-hydrogen) atoms. The molecule has 1 aromatic rings. The summed E-state index contributed by atoms with van der Waals surface area (Å²) in [7, 11) is 0. The highest BCUT2D eigenvalue weighted by Crippen LogP contribution is 2.17. The van der Waals surface area contributed by atoms with E-state index >= 15 is 0 Å². The molecule has 0 bridgehead atoms. The van der Waals surface area contributed by atoms with E-state index in [1.807, 2.05) is 5.38 Å². The van der Waals surface area contributed by atoms with Crippen LogP contribution in [0.1, 0.15) is 42.8 Å². The van der Waals surface area contributed by atoms with Crippen LogP contribution in [0.25, 0.3) is 0 Å². The fourth-order valence-electron chi connectivity index (χ4n) is 2.36. The first-order valence-electron chi connectivity index (χ1n) is 6.70. The van der Waals surface area contributed by atoms with Gasteiger partial charge < -0.3 is 11.1 Å². The Morgan fingerprint density at radius 2 is 2.22 bits per heavy atom. The van der Waals surface area contributed by atoms with Gasteiger partial charge in [0.1, 0.15) is 5.01 Å². The number of thiazole rings is 1. The molecular weight excluding hydrogens is 246 g/mol. The van der Waals surface area contributed by atoms with E-state index in [0.717, 1.165) is 30.0 Å². The number of rotatable bonds is 5. The number of carbonyl (C=O) groups is 1. The summed E-state index contributed by atoms with van der Waals surface area (Å²) in [5, 5.41) is 6.00. The predicted octanol–water partition coefficient (Wildman–Crippen LogP) is 1.64. The average molecular weight is 267 g/mol. The van der Waals surface area contributed by atoms with Crippen molar-refractivity contribution < 1.29 is 4.79 Å². The number of carbonyl (C=O) groups excluding carboxylic acids is 1. The molecule has 1 heterocycles. The van der Waals surface area contributed by atoms with E-state index in [1.165, 1.54) is 19.3 Å². The first-order valence-corrected chi connectivity index (χ1v) is 7.58. The van der Waals surface area contributed by atoms with Crippen LogP contribution in [0.2, 0.25) is 0 Å². The van der Waals surface area contributed by atoms with Gasteiger partial charge in [-0.25, -0.2) is 4.98 Å². The Hall–Kier alpha value is -0.940. The molecular formula is C13H21N3OS. The lowest BCUT2D eigenvalue weighted by molar-refractivity contribution is -0.121. The largest absolute Gasteiger partial charge is 0.353 e. The molecule has 1 amide bonds. The molecule has 0 aliphatic heterocycles. The molecule has 0 saturated heterocycles. The summed E-state index contributed by atoms with van der Waals surface area (Å²) in [4.78, 5) is 16.3. The van der Waals surface area contributed by atoms with E-state index in [9.17, 15) is 4.79 Å². The molecule has 100 valence electrons. The molecule has 0 aromatic carbocycles. The highest BCUT2D eigenvalue weighted by molar-refractivity contribution is 7.09. The Bertz CT molecular complexity index is 385. The lowest BCUT2D eigenvalue weighted by Crippen LogP contribution is -2.37. The van der Waals surface area contributed by atoms with E-state index in [0.29, 0.717) is 19.0 Å². The number of aromatic nitrogens is 1. The van der Waals surface area contributed by atoms with Crippen molar-refractivity contribution >= 4 is 17.2 Å². The van der Waals surface area contributed by atoms with Gasteiger partial charge in [-0.2, -0.15) is 0 Å². The topological polar surface area (TPSA) is 68.0 Å². The highest BCUT2D eigenvalue weighted by Gasteiger charge is 2.16. The van der Waals surface area contributed by atoms with Crippen molar-refractivity contribution in [2.75, 3.05) is 6.54 Å². The molecule has 4 nitrogen and oxygen atoms in total. The number of hydrogen-bond donors (Lipinski definition) is 2. The van der Waals surface area contributed by atoms with E-state index < -0.39 is 0 Å². The predicted molar refractivity (Wildman–Crippen MR) is 73.6 cm³/mol. The monoisotopic (exact) mass is 267 g/mol. The third kappa shape index (κ3) is 4.07. The van der Waals surface area contributed by atoms with E-state index in [2.05, 4.69) is 10.3 Å². The van der Waals surface area contributed by atoms with Crippen LogP contribution in [0.4, 0.5) is 0 Å². The van der Waals surface area contributed by atoms with Crippen molar-refractivity contribution in [3.05, 3.63) is 16.1 Å². The summed E-state index contributed by atoms with van der Waals surface area (Å²) in [5.74, 6) is 0.107. The van der Waals surface area contributed by atoms with Crippen molar-refractivity contribution in [3.8, 4) is 0 Å². The van der Waals surface area contributed by atoms with Crippen LogP contribution in [-0.2, 0) is 17.6 Å². The van der Waals surface area contributed by atoms with E-state index in [1.54, 1.807) is 11.3 Å². The van der Waals surface area contributed by atoms with Crippen LogP contribution >= 0.6 is 11.3 Å². The van der Waals surface area contributed by atoms with E-state index in [4.69, 9.17) is 5.73 Å². The summed E-state index contributed by atoms with van der Waals surface area (Å²) in [6, 6.07) is 0.384. The first-order chi connectivity index (χ1) is 8.78. The Morgan fingerprint density at radius 3 is 2.94 bits per heavy atom. The summed E-state index contributed by atoms with van der Waals surface area (Å²) >= 11 is 1.55. The minimum Gasteiger partial charge on any atom is -0.353 e. The van der Waals surface area contributed by atoms with Crippen LogP contribution in [-0.4, -0.2) is 23.5 Å². The van der Waals surface area contributed by atoms with Gasteiger partial charge >= 0.3 is 0 Å². The van der Waals surface area contributed by atoms with Crippen molar-refractivity contribution in [1.82, 2.24) is 10.3 Å². The second-order valence-electron chi connectivity index (χ2n) is 4.85. The summed E-state index contributed by atoms with van der Waals surface area (Å²) in [6.07, 6.45) is 7.24. The summed E-state index contributed by atoms with van der Waals surface area (Å²) in [5.41, 5.74) is 6.48. The number of amides is 1. The second kappa shape index (κ2) is 6.85. The third-order valence-electron chi connectivity index (χ3n) is 3.28. The highest BCUT2D eigenvalue weighted by atomic mass is 32.1. The SMILES string of the molecule is NCCc1csc(CC(=O)NC2CCCCC2)n1. The lowest BCUT2D eigenvalue weighted by Gasteiger charge is -2.22. The zero-order valence-electron chi connectivity index (χ0n) is 10.7. The van der Waals surface area contributed by atoms with Crippen LogP contribution < -0.4 is 11.1 Å². The molecule has 1 aromatic heterocycles. The molecule has 0 radical (unpaired) electrons. The number of nitrogens with zero attached hydrogens (tertiary/aromatic N) is 1. The van der Waals surface area contributed by atoms with Gasteiger partial charge in [-0.05, 0) is 19.4 Å². The maximum Gasteiger partial charge on any atom is 0.227 e. The van der Waals surface area contributed by atoms with Gasteiger partial charge in [-0.3, -0.25) is 4.79 Å². The van der Waals surface area contributed by atoms with E-state index in [-0.39, 0.29) is 5.91 Å². The fourth-order valence-corrected chi connectivity index (χ4v) is 3.18. The van der Waals surface area contributed by atoms with Crippen LogP contribution in [0.5, 0.6) is 0 Å². The van der Waals surface area contributed by atoms with Gasteiger partial charge in [0.15, 0.2) is 0 Å². The van der Waals surface area contributed by atoms with Gasteiger partial charge in [-0.1, -0.05) is 19.3 Å². The van der Waals surface area contributed by atoms with Gasteiger partial charge in [0, 0.05) is 17.8 Å². The van der Waals surface area contributed by atoms with Crippen molar-refractivity contribution in [2.24, 2.45) is 5.73 Å². The normalized spacial score (nSPS) is 16.7. The standard InChI is InChI=1S/C13H21N3OS/c14-7-6-11-9-18-13(16-11)8-12(17)15-10-4-2-1-3-5-10/h9-10H,1-8,14H2,(H,15,17). The molecule has 1 fully saturated rings. The Balaban J connectivity index is 1.78. The smallest absolute Gasteiger partial charge is 0.227 e. The molecule has 1 aliphatic rings. The minimum atomic E-state index is 0.107. The fraction of sp³-hybridized carbons (Fsp3) is 0.692. The number of nitrogens with two attached hydrogens (primary N) is 1. The second-order valence-corrected chi connectivity index (χ2v) is 5.79. The molecule has 0 unspecified atom stereocenters. The molecule has 1 saturated carbocycles. The molecule has 0 spiro atoms. The van der Waals surface area contributed by atoms with Crippen LogP contribution in [0.3, 0.4) is 0 Å². The number of hydrogen-bond acceptors (Lipinski definition) is 4. The Labute approximate surface area is 112 Å². The zero-order chi connectivity index (χ0) is 12.8. The molecule has 1 aliphatic carbocycles. The Morgan fingerprint density at radius 1 is 1.44 bits per heavy atom. The minimum absolute atomic E-state index is 0.107. The van der Waals surface area contributed by atoms with Gasteiger partial charge in [-0.15, -0.1) is 11.3 Å². The molecule has 3 N–H and O–H groups in total. The van der Waals surface area contributed by atoms with Crippen LogP contribution in [0.15, 0.2) is 5.38 Å². The van der Waals surface area contributed by atoms with Gasteiger partial charge in [0.05, 0.1) is 12.1 Å². The van der Waals surface area contributed by atoms with Gasteiger partial charge in [0.25, 0.3) is 0 Å². The van der Waals surface area contributed by atoms with Crippen molar-refractivity contribution in [3.63, 3.8) is 0 Å².